The molecule has 0 aliphatic carbocycles. The fourth-order valence-electron chi connectivity index (χ4n) is 3.54. The smallest absolute Gasteiger partial charge is 0.242 e. The number of thioether (sulfide) groups is 1. The summed E-state index contributed by atoms with van der Waals surface area (Å²) in [7, 11) is 0. The highest BCUT2D eigenvalue weighted by atomic mass is 32.2. The number of rotatable bonds is 8. The van der Waals surface area contributed by atoms with Crippen molar-refractivity contribution in [1.82, 2.24) is 4.90 Å². The number of anilines is 2. The van der Waals surface area contributed by atoms with Crippen LogP contribution in [0, 0.1) is 0 Å². The molecule has 1 fully saturated rings. The van der Waals surface area contributed by atoms with Crippen molar-refractivity contribution in [3.05, 3.63) is 90.5 Å². The van der Waals surface area contributed by atoms with Crippen molar-refractivity contribution < 1.29 is 14.3 Å². The molecular formula is C26H27N3O3S. The Hall–Kier alpha value is -3.13. The summed E-state index contributed by atoms with van der Waals surface area (Å²) in [4.78, 5) is 28.6. The van der Waals surface area contributed by atoms with Gasteiger partial charge in [-0.1, -0.05) is 48.5 Å². The zero-order chi connectivity index (χ0) is 22.9. The molecule has 0 aromatic heterocycles. The van der Waals surface area contributed by atoms with E-state index in [-0.39, 0.29) is 17.1 Å². The van der Waals surface area contributed by atoms with Crippen molar-refractivity contribution in [3.63, 3.8) is 0 Å². The van der Waals surface area contributed by atoms with E-state index in [1.807, 2.05) is 60.7 Å². The van der Waals surface area contributed by atoms with Crippen LogP contribution < -0.4 is 10.6 Å². The van der Waals surface area contributed by atoms with E-state index in [9.17, 15) is 9.59 Å². The zero-order valence-corrected chi connectivity index (χ0v) is 19.1. The van der Waals surface area contributed by atoms with Crippen LogP contribution in [0.3, 0.4) is 0 Å². The third-order valence-electron chi connectivity index (χ3n) is 5.24. The molecule has 0 radical (unpaired) electrons. The Balaban J connectivity index is 1.38. The summed E-state index contributed by atoms with van der Waals surface area (Å²) in [5.74, 6) is -0.156. The summed E-state index contributed by atoms with van der Waals surface area (Å²) in [6.45, 7) is 3.20. The third-order valence-corrected chi connectivity index (χ3v) is 6.51. The first-order valence-electron chi connectivity index (χ1n) is 10.9. The Bertz CT molecular complexity index is 1040. The summed E-state index contributed by atoms with van der Waals surface area (Å²) in [6.07, 6.45) is 0. The van der Waals surface area contributed by atoms with Gasteiger partial charge in [0.25, 0.3) is 0 Å². The number of carbonyl (C=O) groups excluding carboxylic acids is 2. The largest absolute Gasteiger partial charge is 0.379 e. The monoisotopic (exact) mass is 461 g/mol. The lowest BCUT2D eigenvalue weighted by Crippen LogP contribution is -2.41. The van der Waals surface area contributed by atoms with Gasteiger partial charge in [-0.3, -0.25) is 14.5 Å². The quantitative estimate of drug-likeness (QED) is 0.486. The first kappa shape index (κ1) is 23.0. The van der Waals surface area contributed by atoms with Crippen LogP contribution in [0.5, 0.6) is 0 Å². The number of morpholine rings is 1. The minimum Gasteiger partial charge on any atom is -0.379 e. The van der Waals surface area contributed by atoms with Crippen LogP contribution in [0.15, 0.2) is 89.8 Å². The maximum Gasteiger partial charge on any atom is 0.242 e. The zero-order valence-electron chi connectivity index (χ0n) is 18.3. The molecule has 1 atom stereocenters. The fraction of sp³-hybridized carbons (Fsp3) is 0.231. The van der Waals surface area contributed by atoms with Gasteiger partial charge in [0.15, 0.2) is 0 Å². The first-order valence-corrected chi connectivity index (χ1v) is 11.8. The summed E-state index contributed by atoms with van der Waals surface area (Å²) in [5.41, 5.74) is 2.32. The molecule has 170 valence electrons. The molecule has 0 spiro atoms. The van der Waals surface area contributed by atoms with E-state index in [0.29, 0.717) is 31.1 Å². The van der Waals surface area contributed by atoms with E-state index in [4.69, 9.17) is 4.74 Å². The van der Waals surface area contributed by atoms with Crippen LogP contribution in [-0.4, -0.2) is 49.6 Å². The topological polar surface area (TPSA) is 70.7 Å². The number of hydrogen-bond donors (Lipinski definition) is 2. The van der Waals surface area contributed by atoms with Crippen molar-refractivity contribution in [3.8, 4) is 0 Å². The molecule has 2 amide bonds. The van der Waals surface area contributed by atoms with E-state index >= 15 is 0 Å². The number of amides is 2. The van der Waals surface area contributed by atoms with Gasteiger partial charge in [0, 0.05) is 29.4 Å². The molecule has 1 saturated heterocycles. The first-order chi connectivity index (χ1) is 16.2. The molecule has 0 saturated carbocycles. The molecule has 4 rings (SSSR count). The predicted octanol–water partition coefficient (Wildman–Crippen LogP) is 4.43. The number of nitrogens with zero attached hydrogens (tertiary/aromatic N) is 1. The SMILES string of the molecule is O=C(CN1CCOCC1)Nc1ccc(NC(=O)[C@H](Sc2ccccc2)c2ccccc2)cc1. The highest BCUT2D eigenvalue weighted by Crippen LogP contribution is 2.36. The third kappa shape index (κ3) is 6.92. The Kier molecular flexibility index (Phi) is 8.14. The molecule has 1 heterocycles. The van der Waals surface area contributed by atoms with E-state index in [1.165, 1.54) is 11.8 Å². The standard InChI is InChI=1S/C26H27N3O3S/c30-24(19-29-15-17-32-18-16-29)27-21-11-13-22(14-12-21)28-26(31)25(20-7-3-1-4-8-20)33-23-9-5-2-6-10-23/h1-14,25H,15-19H2,(H,27,30)(H,28,31)/t25-/m1/s1. The van der Waals surface area contributed by atoms with Gasteiger partial charge in [0.05, 0.1) is 19.8 Å². The van der Waals surface area contributed by atoms with Crippen molar-refractivity contribution in [1.29, 1.82) is 0 Å². The highest BCUT2D eigenvalue weighted by Gasteiger charge is 2.22. The van der Waals surface area contributed by atoms with E-state index in [2.05, 4.69) is 15.5 Å². The second kappa shape index (κ2) is 11.7. The average Bonchev–Trinajstić information content (AvgIpc) is 2.85. The van der Waals surface area contributed by atoms with Crippen LogP contribution in [0.1, 0.15) is 10.8 Å². The summed E-state index contributed by atoms with van der Waals surface area (Å²) in [6, 6.07) is 26.9. The van der Waals surface area contributed by atoms with Crippen LogP contribution in [0.25, 0.3) is 0 Å². The van der Waals surface area contributed by atoms with Gasteiger partial charge < -0.3 is 15.4 Å². The van der Waals surface area contributed by atoms with Gasteiger partial charge in [0.2, 0.25) is 11.8 Å². The minimum absolute atomic E-state index is 0.0583. The van der Waals surface area contributed by atoms with E-state index < -0.39 is 0 Å². The Morgan fingerprint density at radius 2 is 1.39 bits per heavy atom. The maximum atomic E-state index is 13.2. The fourth-order valence-corrected chi connectivity index (χ4v) is 4.59. The molecule has 6 nitrogen and oxygen atoms in total. The van der Waals surface area contributed by atoms with Crippen LogP contribution in [0.2, 0.25) is 0 Å². The molecular weight excluding hydrogens is 434 g/mol. The number of benzene rings is 3. The van der Waals surface area contributed by atoms with Gasteiger partial charge in [-0.15, -0.1) is 11.8 Å². The second-order valence-electron chi connectivity index (χ2n) is 7.72. The van der Waals surface area contributed by atoms with Gasteiger partial charge in [-0.2, -0.15) is 0 Å². The molecule has 33 heavy (non-hydrogen) atoms. The Morgan fingerprint density at radius 1 is 0.818 bits per heavy atom. The normalized spacial score (nSPS) is 14.9. The summed E-state index contributed by atoms with van der Waals surface area (Å²) >= 11 is 1.51. The van der Waals surface area contributed by atoms with E-state index in [0.717, 1.165) is 23.5 Å². The summed E-state index contributed by atoms with van der Waals surface area (Å²) in [5, 5.41) is 5.54. The molecule has 2 N–H and O–H groups in total. The molecule has 7 heteroatoms. The highest BCUT2D eigenvalue weighted by molar-refractivity contribution is 8.00. The number of carbonyl (C=O) groups is 2. The van der Waals surface area contributed by atoms with Crippen molar-refractivity contribution >= 4 is 35.0 Å². The molecule has 3 aromatic rings. The van der Waals surface area contributed by atoms with Gasteiger partial charge in [-0.25, -0.2) is 0 Å². The number of nitrogens with one attached hydrogen (secondary N) is 2. The number of ether oxygens (including phenoxy) is 1. The minimum atomic E-state index is -0.387. The molecule has 1 aliphatic heterocycles. The lowest BCUT2D eigenvalue weighted by molar-refractivity contribution is -0.118. The van der Waals surface area contributed by atoms with Crippen LogP contribution >= 0.6 is 11.8 Å². The molecule has 1 aliphatic rings. The average molecular weight is 462 g/mol. The second-order valence-corrected chi connectivity index (χ2v) is 8.90. The van der Waals surface area contributed by atoms with Gasteiger partial charge >= 0.3 is 0 Å². The van der Waals surface area contributed by atoms with Crippen molar-refractivity contribution in [2.45, 2.75) is 10.1 Å². The van der Waals surface area contributed by atoms with Gasteiger partial charge in [0.1, 0.15) is 5.25 Å². The molecule has 3 aromatic carbocycles. The maximum absolute atomic E-state index is 13.2. The lowest BCUT2D eigenvalue weighted by atomic mass is 10.1. The van der Waals surface area contributed by atoms with Gasteiger partial charge in [-0.05, 0) is 42.0 Å². The Morgan fingerprint density at radius 3 is 2.03 bits per heavy atom. The van der Waals surface area contributed by atoms with Crippen LogP contribution in [-0.2, 0) is 14.3 Å². The summed E-state index contributed by atoms with van der Waals surface area (Å²) < 4.78 is 5.31. The van der Waals surface area contributed by atoms with Crippen LogP contribution in [0.4, 0.5) is 11.4 Å². The molecule has 0 unspecified atom stereocenters. The van der Waals surface area contributed by atoms with Crippen molar-refractivity contribution in [2.75, 3.05) is 43.5 Å². The van der Waals surface area contributed by atoms with Crippen molar-refractivity contribution in [2.24, 2.45) is 0 Å². The number of hydrogen-bond acceptors (Lipinski definition) is 5. The lowest BCUT2D eigenvalue weighted by Gasteiger charge is -2.25. The molecule has 0 bridgehead atoms. The Labute approximate surface area is 198 Å². The van der Waals surface area contributed by atoms with E-state index in [1.54, 1.807) is 24.3 Å². The predicted molar refractivity (Wildman–Crippen MR) is 132 cm³/mol.